The van der Waals surface area contributed by atoms with Gasteiger partial charge < -0.3 is 5.73 Å². The second kappa shape index (κ2) is 4.36. The van der Waals surface area contributed by atoms with E-state index in [-0.39, 0.29) is 4.90 Å². The summed E-state index contributed by atoms with van der Waals surface area (Å²) in [6, 6.07) is 3.67. The van der Waals surface area contributed by atoms with Crippen molar-refractivity contribution >= 4 is 10.0 Å². The predicted molar refractivity (Wildman–Crippen MR) is 62.2 cm³/mol. The number of aryl methyl sites for hydroxylation is 1. The molecule has 1 heterocycles. The monoisotopic (exact) mass is 258 g/mol. The first-order chi connectivity index (χ1) is 7.93. The normalized spacial score (nSPS) is 21.9. The Kier molecular flexibility index (Phi) is 3.20. The van der Waals surface area contributed by atoms with Crippen LogP contribution in [0.15, 0.2) is 23.1 Å². The largest absolute Gasteiger partial charge is 0.315 e. The average Bonchev–Trinajstić information content (AvgIpc) is 2.64. The number of nitrogens with two attached hydrogens (primary N) is 1. The molecule has 0 aromatic heterocycles. The van der Waals surface area contributed by atoms with E-state index in [2.05, 4.69) is 0 Å². The molecule has 0 spiro atoms. The number of hydrogen-bond donors (Lipinski definition) is 1. The van der Waals surface area contributed by atoms with E-state index in [0.29, 0.717) is 18.5 Å². The molecule has 0 amide bonds. The quantitative estimate of drug-likeness (QED) is 0.867. The third-order valence-electron chi connectivity index (χ3n) is 2.97. The zero-order chi connectivity index (χ0) is 12.6. The Morgan fingerprint density at radius 2 is 2.18 bits per heavy atom. The Labute approximate surface area is 100 Å². The first-order valence-electron chi connectivity index (χ1n) is 5.46. The van der Waals surface area contributed by atoms with Crippen LogP contribution in [0.4, 0.5) is 4.39 Å². The highest BCUT2D eigenvalue weighted by molar-refractivity contribution is 7.89. The Hall–Kier alpha value is -0.980. The van der Waals surface area contributed by atoms with Gasteiger partial charge in [0.25, 0.3) is 0 Å². The molecule has 4 nitrogen and oxygen atoms in total. The number of sulfonamides is 1. The van der Waals surface area contributed by atoms with Crippen molar-refractivity contribution < 1.29 is 12.8 Å². The first-order valence-corrected chi connectivity index (χ1v) is 6.90. The molecule has 1 aromatic carbocycles. The van der Waals surface area contributed by atoms with Crippen molar-refractivity contribution in [1.82, 2.24) is 4.31 Å². The fourth-order valence-electron chi connectivity index (χ4n) is 2.09. The third kappa shape index (κ3) is 2.20. The molecule has 1 unspecified atom stereocenters. The van der Waals surface area contributed by atoms with Gasteiger partial charge in [-0.1, -0.05) is 0 Å². The molecule has 17 heavy (non-hydrogen) atoms. The molecule has 0 bridgehead atoms. The van der Waals surface area contributed by atoms with Crippen LogP contribution in [0.25, 0.3) is 0 Å². The van der Waals surface area contributed by atoms with Gasteiger partial charge in [0.15, 0.2) is 0 Å². The maximum absolute atomic E-state index is 13.0. The van der Waals surface area contributed by atoms with Gasteiger partial charge in [0, 0.05) is 6.54 Å². The fraction of sp³-hybridized carbons (Fsp3) is 0.455. The van der Waals surface area contributed by atoms with Crippen LogP contribution < -0.4 is 5.73 Å². The standard InChI is InChI=1S/C11H15FN2O2S/c1-8-7-9(12)4-5-10(8)17(15,16)14-6-2-3-11(14)13/h4-5,7,11H,2-3,6,13H2,1H3. The second-order valence-electron chi connectivity index (χ2n) is 4.24. The molecule has 1 aliphatic heterocycles. The van der Waals surface area contributed by atoms with Crippen LogP contribution in [0, 0.1) is 12.7 Å². The minimum atomic E-state index is -3.59. The summed E-state index contributed by atoms with van der Waals surface area (Å²) in [5.41, 5.74) is 6.16. The van der Waals surface area contributed by atoms with Crippen LogP contribution in [0.1, 0.15) is 18.4 Å². The van der Waals surface area contributed by atoms with Crippen molar-refractivity contribution in [2.75, 3.05) is 6.54 Å². The van der Waals surface area contributed by atoms with Gasteiger partial charge >= 0.3 is 0 Å². The zero-order valence-corrected chi connectivity index (χ0v) is 10.4. The molecule has 1 aliphatic rings. The summed E-state index contributed by atoms with van der Waals surface area (Å²) in [5, 5.41) is 0. The molecular weight excluding hydrogens is 243 g/mol. The van der Waals surface area contributed by atoms with Gasteiger partial charge in [0.05, 0.1) is 11.1 Å². The minimum Gasteiger partial charge on any atom is -0.315 e. The van der Waals surface area contributed by atoms with E-state index in [1.807, 2.05) is 0 Å². The first kappa shape index (κ1) is 12.5. The van der Waals surface area contributed by atoms with Crippen LogP contribution >= 0.6 is 0 Å². The van der Waals surface area contributed by atoms with Gasteiger partial charge in [-0.3, -0.25) is 0 Å². The highest BCUT2D eigenvalue weighted by Gasteiger charge is 2.33. The maximum Gasteiger partial charge on any atom is 0.244 e. The third-order valence-corrected chi connectivity index (χ3v) is 5.06. The highest BCUT2D eigenvalue weighted by atomic mass is 32.2. The Morgan fingerprint density at radius 1 is 1.47 bits per heavy atom. The Bertz CT molecular complexity index is 530. The van der Waals surface area contributed by atoms with Crippen molar-refractivity contribution in [3.05, 3.63) is 29.6 Å². The van der Waals surface area contributed by atoms with E-state index in [0.717, 1.165) is 12.5 Å². The van der Waals surface area contributed by atoms with Gasteiger partial charge in [-0.15, -0.1) is 0 Å². The lowest BCUT2D eigenvalue weighted by molar-refractivity contribution is 0.395. The lowest BCUT2D eigenvalue weighted by Crippen LogP contribution is -2.41. The number of nitrogens with zero attached hydrogens (tertiary/aromatic N) is 1. The van der Waals surface area contributed by atoms with Crippen LogP contribution in [0.3, 0.4) is 0 Å². The maximum atomic E-state index is 13.0. The molecule has 1 aromatic rings. The van der Waals surface area contributed by atoms with Crippen molar-refractivity contribution in [2.24, 2.45) is 5.73 Å². The van der Waals surface area contributed by atoms with Gasteiger partial charge in [0.1, 0.15) is 5.82 Å². The summed E-state index contributed by atoms with van der Waals surface area (Å²) in [6.45, 7) is 2.01. The summed E-state index contributed by atoms with van der Waals surface area (Å²) in [6.07, 6.45) is 0.963. The SMILES string of the molecule is Cc1cc(F)ccc1S(=O)(=O)N1CCCC1N. The summed E-state index contributed by atoms with van der Waals surface area (Å²) in [4.78, 5) is 0.135. The average molecular weight is 258 g/mol. The molecule has 0 radical (unpaired) electrons. The molecule has 94 valence electrons. The summed E-state index contributed by atoms with van der Waals surface area (Å²) in [5.74, 6) is -0.438. The second-order valence-corrected chi connectivity index (χ2v) is 6.09. The summed E-state index contributed by atoms with van der Waals surface area (Å²) >= 11 is 0. The minimum absolute atomic E-state index is 0.135. The number of rotatable bonds is 2. The van der Waals surface area contributed by atoms with Crippen LogP contribution in [0.5, 0.6) is 0 Å². The lowest BCUT2D eigenvalue weighted by Gasteiger charge is -2.21. The molecule has 0 saturated carbocycles. The van der Waals surface area contributed by atoms with Crippen molar-refractivity contribution in [3.8, 4) is 0 Å². The van der Waals surface area contributed by atoms with E-state index < -0.39 is 22.0 Å². The fourth-order valence-corrected chi connectivity index (χ4v) is 3.88. The summed E-state index contributed by atoms with van der Waals surface area (Å²) < 4.78 is 38.8. The van der Waals surface area contributed by atoms with Crippen LogP contribution in [-0.4, -0.2) is 25.4 Å². The van der Waals surface area contributed by atoms with E-state index in [4.69, 9.17) is 5.73 Å². The van der Waals surface area contributed by atoms with E-state index >= 15 is 0 Å². The van der Waals surface area contributed by atoms with Gasteiger partial charge in [-0.2, -0.15) is 4.31 Å². The molecule has 1 fully saturated rings. The molecule has 1 saturated heterocycles. The van der Waals surface area contributed by atoms with Crippen molar-refractivity contribution in [3.63, 3.8) is 0 Å². The van der Waals surface area contributed by atoms with Gasteiger partial charge in [-0.05, 0) is 43.5 Å². The smallest absolute Gasteiger partial charge is 0.244 e. The van der Waals surface area contributed by atoms with Gasteiger partial charge in [0.2, 0.25) is 10.0 Å². The van der Waals surface area contributed by atoms with Crippen molar-refractivity contribution in [1.29, 1.82) is 0 Å². The Balaban J connectivity index is 2.44. The topological polar surface area (TPSA) is 63.4 Å². The Morgan fingerprint density at radius 3 is 2.71 bits per heavy atom. The molecule has 2 rings (SSSR count). The molecular formula is C11H15FN2O2S. The zero-order valence-electron chi connectivity index (χ0n) is 9.56. The van der Waals surface area contributed by atoms with Crippen molar-refractivity contribution in [2.45, 2.75) is 30.8 Å². The predicted octanol–water partition coefficient (Wildman–Crippen LogP) is 1.20. The van der Waals surface area contributed by atoms with E-state index in [1.54, 1.807) is 6.92 Å². The van der Waals surface area contributed by atoms with E-state index in [9.17, 15) is 12.8 Å². The van der Waals surface area contributed by atoms with Gasteiger partial charge in [-0.25, -0.2) is 12.8 Å². The number of benzene rings is 1. The number of halogens is 1. The van der Waals surface area contributed by atoms with E-state index in [1.165, 1.54) is 16.4 Å². The summed E-state index contributed by atoms with van der Waals surface area (Å²) in [7, 11) is -3.59. The lowest BCUT2D eigenvalue weighted by atomic mass is 10.2. The number of hydrogen-bond acceptors (Lipinski definition) is 3. The molecule has 0 aliphatic carbocycles. The van der Waals surface area contributed by atoms with Crippen LogP contribution in [0.2, 0.25) is 0 Å². The molecule has 6 heteroatoms. The van der Waals surface area contributed by atoms with Crippen LogP contribution in [-0.2, 0) is 10.0 Å². The molecule has 1 atom stereocenters. The molecule has 2 N–H and O–H groups in total. The highest BCUT2D eigenvalue weighted by Crippen LogP contribution is 2.25.